The molecule has 0 aliphatic carbocycles. The molecule has 0 radical (unpaired) electrons. The van der Waals surface area contributed by atoms with Gasteiger partial charge in [0.1, 0.15) is 0 Å². The minimum atomic E-state index is -3.54. The number of benzene rings is 2. The molecular weight excluding hydrogens is 548 g/mol. The van der Waals surface area contributed by atoms with Crippen LogP contribution < -0.4 is 10.0 Å². The number of nitrogens with zero attached hydrogens (tertiary/aromatic N) is 4. The molecule has 2 aromatic carbocycles. The van der Waals surface area contributed by atoms with Crippen LogP contribution in [0.2, 0.25) is 5.02 Å². The quantitative estimate of drug-likeness (QED) is 0.422. The average molecular weight is 585 g/mol. The van der Waals surface area contributed by atoms with E-state index in [4.69, 9.17) is 16.7 Å². The monoisotopic (exact) mass is 584 g/mol. The van der Waals surface area contributed by atoms with Crippen molar-refractivity contribution in [1.82, 2.24) is 29.6 Å². The number of hydrogen-bond acceptors (Lipinski definition) is 6. The summed E-state index contributed by atoms with van der Waals surface area (Å²) in [7, 11) is -3.54. The van der Waals surface area contributed by atoms with Crippen LogP contribution in [0.3, 0.4) is 0 Å². The van der Waals surface area contributed by atoms with Crippen molar-refractivity contribution in [2.75, 3.05) is 39.0 Å². The fourth-order valence-electron chi connectivity index (χ4n) is 5.83. The van der Waals surface area contributed by atoms with Gasteiger partial charge >= 0.3 is 0 Å². The maximum atomic E-state index is 12.7. The molecule has 1 amide bonds. The van der Waals surface area contributed by atoms with E-state index in [0.29, 0.717) is 31.1 Å². The molecule has 2 N–H and O–H groups in total. The van der Waals surface area contributed by atoms with E-state index in [2.05, 4.69) is 46.1 Å². The molecule has 1 saturated heterocycles. The molecule has 2 aliphatic heterocycles. The van der Waals surface area contributed by atoms with E-state index in [1.807, 2.05) is 33.8 Å². The summed E-state index contributed by atoms with van der Waals surface area (Å²) in [5.74, 6) is 0.0234. The predicted molar refractivity (Wildman–Crippen MR) is 158 cm³/mol. The third-order valence-electron chi connectivity index (χ3n) is 7.78. The summed E-state index contributed by atoms with van der Waals surface area (Å²) in [5, 5.41) is 9.10. The molecule has 5 rings (SSSR count). The van der Waals surface area contributed by atoms with Crippen molar-refractivity contribution in [3.8, 4) is 11.3 Å². The van der Waals surface area contributed by atoms with Gasteiger partial charge < -0.3 is 10.2 Å². The SMILES string of the molecule is CC(=O)N1CCc2c(c(-c3ccc(Cl)cc3)nn2CC(NS(C)(=O)=O)C(c2ccc(C)cc2)N2CCNCC2)C1. The number of rotatable bonds is 8. The first-order chi connectivity index (χ1) is 19.1. The van der Waals surface area contributed by atoms with Gasteiger partial charge in [0.05, 0.1) is 30.6 Å². The van der Waals surface area contributed by atoms with Crippen LogP contribution in [0.15, 0.2) is 48.5 Å². The Morgan fingerprint density at radius 3 is 2.38 bits per heavy atom. The lowest BCUT2D eigenvalue weighted by molar-refractivity contribution is -0.129. The van der Waals surface area contributed by atoms with Crippen molar-refractivity contribution in [1.29, 1.82) is 0 Å². The maximum absolute atomic E-state index is 12.7. The molecule has 214 valence electrons. The van der Waals surface area contributed by atoms with E-state index in [1.165, 1.54) is 6.26 Å². The lowest BCUT2D eigenvalue weighted by Crippen LogP contribution is -2.53. The molecule has 2 atom stereocenters. The molecule has 3 heterocycles. The highest BCUT2D eigenvalue weighted by atomic mass is 35.5. The van der Waals surface area contributed by atoms with Gasteiger partial charge in [0.2, 0.25) is 15.9 Å². The van der Waals surface area contributed by atoms with Gasteiger partial charge in [0.15, 0.2) is 0 Å². The van der Waals surface area contributed by atoms with Crippen LogP contribution in [0.1, 0.15) is 35.3 Å². The molecule has 0 spiro atoms. The van der Waals surface area contributed by atoms with Crippen LogP contribution in [0.5, 0.6) is 0 Å². The van der Waals surface area contributed by atoms with E-state index in [1.54, 1.807) is 6.92 Å². The number of carbonyl (C=O) groups is 1. The number of aromatic nitrogens is 2. The normalized spacial score (nSPS) is 17.9. The Labute approximate surface area is 241 Å². The summed E-state index contributed by atoms with van der Waals surface area (Å²) < 4.78 is 30.4. The van der Waals surface area contributed by atoms with Gasteiger partial charge in [-0.15, -0.1) is 0 Å². The number of nitrogens with one attached hydrogen (secondary N) is 2. The number of hydrogen-bond donors (Lipinski definition) is 2. The molecule has 40 heavy (non-hydrogen) atoms. The van der Waals surface area contributed by atoms with Gasteiger partial charge in [-0.1, -0.05) is 53.6 Å². The predicted octanol–water partition coefficient (Wildman–Crippen LogP) is 2.98. The van der Waals surface area contributed by atoms with Crippen molar-refractivity contribution < 1.29 is 13.2 Å². The largest absolute Gasteiger partial charge is 0.338 e. The third kappa shape index (κ3) is 6.58. The Kier molecular flexibility index (Phi) is 8.63. The molecule has 11 heteroatoms. The molecule has 1 fully saturated rings. The molecule has 1 aromatic heterocycles. The minimum Gasteiger partial charge on any atom is -0.338 e. The van der Waals surface area contributed by atoms with E-state index < -0.39 is 16.1 Å². The number of piperazine rings is 1. The van der Waals surface area contributed by atoms with Crippen LogP contribution in [-0.2, 0) is 34.3 Å². The standard InChI is InChI=1S/C29H37ClN6O3S/c1-20-4-6-23(7-5-20)29(34-16-13-31-14-17-34)26(33-40(3,38)39)19-36-27-12-15-35(21(2)37)18-25(27)28(32-36)22-8-10-24(30)11-9-22/h4-11,26,29,31,33H,12-19H2,1-3H3. The summed E-state index contributed by atoms with van der Waals surface area (Å²) in [6, 6.07) is 15.2. The molecule has 2 aliphatic rings. The van der Waals surface area contributed by atoms with E-state index in [0.717, 1.165) is 59.8 Å². The van der Waals surface area contributed by atoms with Crippen LogP contribution >= 0.6 is 11.6 Å². The van der Waals surface area contributed by atoms with Crippen LogP contribution in [0.4, 0.5) is 0 Å². The Bertz CT molecular complexity index is 1450. The Hall–Kier alpha value is -2.76. The van der Waals surface area contributed by atoms with Crippen LogP contribution in [0.25, 0.3) is 11.3 Å². The molecule has 0 saturated carbocycles. The molecule has 2 unspecified atom stereocenters. The fourth-order valence-corrected chi connectivity index (χ4v) is 6.71. The van der Waals surface area contributed by atoms with E-state index in [-0.39, 0.29) is 11.9 Å². The van der Waals surface area contributed by atoms with E-state index >= 15 is 0 Å². The molecule has 9 nitrogen and oxygen atoms in total. The lowest BCUT2D eigenvalue weighted by atomic mass is 9.96. The first kappa shape index (κ1) is 28.8. The first-order valence-electron chi connectivity index (χ1n) is 13.7. The van der Waals surface area contributed by atoms with Crippen LogP contribution in [0, 0.1) is 6.92 Å². The highest BCUT2D eigenvalue weighted by molar-refractivity contribution is 7.88. The summed E-state index contributed by atoms with van der Waals surface area (Å²) >= 11 is 6.17. The van der Waals surface area contributed by atoms with Crippen molar-refractivity contribution >= 4 is 27.5 Å². The number of sulfonamides is 1. The zero-order chi connectivity index (χ0) is 28.4. The smallest absolute Gasteiger partial charge is 0.219 e. The Morgan fingerprint density at radius 2 is 1.75 bits per heavy atom. The summed E-state index contributed by atoms with van der Waals surface area (Å²) in [5.41, 5.74) is 5.95. The molecular formula is C29H37ClN6O3S. The number of carbonyl (C=O) groups excluding carboxylic acids is 1. The summed E-state index contributed by atoms with van der Waals surface area (Å²) in [4.78, 5) is 16.5. The van der Waals surface area contributed by atoms with Gasteiger partial charge in [0.25, 0.3) is 0 Å². The topological polar surface area (TPSA) is 99.6 Å². The third-order valence-corrected chi connectivity index (χ3v) is 8.76. The zero-order valence-corrected chi connectivity index (χ0v) is 24.8. The number of fused-ring (bicyclic) bond motifs is 1. The lowest BCUT2D eigenvalue weighted by Gasteiger charge is -2.40. The minimum absolute atomic E-state index is 0.0234. The number of aryl methyl sites for hydroxylation is 1. The van der Waals surface area contributed by atoms with Gasteiger partial charge in [-0.25, -0.2) is 13.1 Å². The van der Waals surface area contributed by atoms with Gasteiger partial charge in [-0.05, 0) is 24.6 Å². The summed E-state index contributed by atoms with van der Waals surface area (Å²) in [6.45, 7) is 8.34. The van der Waals surface area contributed by atoms with Crippen molar-refractivity contribution in [3.63, 3.8) is 0 Å². The highest BCUT2D eigenvalue weighted by Gasteiger charge is 2.34. The second-order valence-corrected chi connectivity index (χ2v) is 13.0. The van der Waals surface area contributed by atoms with Crippen molar-refractivity contribution in [2.24, 2.45) is 0 Å². The Balaban J connectivity index is 1.59. The number of halogens is 1. The zero-order valence-electron chi connectivity index (χ0n) is 23.2. The molecule has 3 aromatic rings. The number of amides is 1. The average Bonchev–Trinajstić information content (AvgIpc) is 3.27. The van der Waals surface area contributed by atoms with Crippen LogP contribution in [-0.4, -0.2) is 78.9 Å². The Morgan fingerprint density at radius 1 is 1.07 bits per heavy atom. The fraction of sp³-hybridized carbons (Fsp3) is 0.448. The van der Waals surface area contributed by atoms with Gasteiger partial charge in [-0.2, -0.15) is 5.10 Å². The van der Waals surface area contributed by atoms with E-state index in [9.17, 15) is 13.2 Å². The van der Waals surface area contributed by atoms with Gasteiger partial charge in [0, 0.05) is 74.5 Å². The van der Waals surface area contributed by atoms with Crippen molar-refractivity contribution in [3.05, 3.63) is 75.9 Å². The summed E-state index contributed by atoms with van der Waals surface area (Å²) in [6.07, 6.45) is 1.86. The second kappa shape index (κ2) is 12.0. The maximum Gasteiger partial charge on any atom is 0.219 e. The molecule has 0 bridgehead atoms. The van der Waals surface area contributed by atoms with Crippen molar-refractivity contribution in [2.45, 2.75) is 45.4 Å². The van der Waals surface area contributed by atoms with Gasteiger partial charge in [-0.3, -0.25) is 14.4 Å². The first-order valence-corrected chi connectivity index (χ1v) is 15.9. The highest BCUT2D eigenvalue weighted by Crippen LogP contribution is 2.33. The second-order valence-electron chi connectivity index (χ2n) is 10.8.